The number of anilines is 1. The van der Waals surface area contributed by atoms with E-state index in [2.05, 4.69) is 0 Å². The Morgan fingerprint density at radius 1 is 1.50 bits per heavy atom. The number of primary sulfonamides is 1. The number of benzene rings is 1. The van der Waals surface area contributed by atoms with Crippen molar-refractivity contribution in [3.63, 3.8) is 0 Å². The molecule has 1 aromatic carbocycles. The molecule has 1 fully saturated rings. The number of sulfonamides is 1. The Morgan fingerprint density at radius 3 is 2.80 bits per heavy atom. The third-order valence-electron chi connectivity index (χ3n) is 3.12. The molecule has 1 amide bonds. The summed E-state index contributed by atoms with van der Waals surface area (Å²) in [6.07, 6.45) is 0.143. The third kappa shape index (κ3) is 3.41. The predicted octanol–water partition coefficient (Wildman–Crippen LogP) is 0.990. The molecular weight excluding hydrogens is 304 g/mol. The van der Waals surface area contributed by atoms with Gasteiger partial charge in [0.25, 0.3) is 0 Å². The predicted molar refractivity (Wildman–Crippen MR) is 76.4 cm³/mol. The van der Waals surface area contributed by atoms with Crippen molar-refractivity contribution in [1.29, 1.82) is 0 Å². The first-order chi connectivity index (χ1) is 9.30. The molecule has 0 spiro atoms. The molecule has 1 aliphatic heterocycles. The van der Waals surface area contributed by atoms with Gasteiger partial charge in [-0.05, 0) is 12.1 Å². The molecule has 1 atom stereocenters. The van der Waals surface area contributed by atoms with Crippen LogP contribution in [0.3, 0.4) is 0 Å². The van der Waals surface area contributed by atoms with Gasteiger partial charge in [-0.1, -0.05) is 11.6 Å². The first-order valence-corrected chi connectivity index (χ1v) is 8.04. The van der Waals surface area contributed by atoms with E-state index in [0.29, 0.717) is 16.5 Å². The lowest BCUT2D eigenvalue weighted by Gasteiger charge is -2.19. The molecule has 1 aliphatic rings. The number of carbonyl (C=O) groups is 1. The monoisotopic (exact) mass is 318 g/mol. The van der Waals surface area contributed by atoms with Crippen LogP contribution in [0.1, 0.15) is 6.42 Å². The van der Waals surface area contributed by atoms with E-state index in [0.717, 1.165) is 0 Å². The minimum Gasteiger partial charge on any atom is -0.497 e. The summed E-state index contributed by atoms with van der Waals surface area (Å²) in [5, 5.41) is 5.43. The van der Waals surface area contributed by atoms with Crippen LogP contribution in [0.25, 0.3) is 0 Å². The molecule has 8 heteroatoms. The first kappa shape index (κ1) is 15.1. The average molecular weight is 319 g/mol. The Hall–Kier alpha value is -1.31. The summed E-state index contributed by atoms with van der Waals surface area (Å²) >= 11 is 6.09. The molecule has 0 saturated carbocycles. The van der Waals surface area contributed by atoms with Crippen LogP contribution in [0.5, 0.6) is 5.75 Å². The van der Waals surface area contributed by atoms with Crippen LogP contribution in [0, 0.1) is 5.92 Å². The van der Waals surface area contributed by atoms with Crippen LogP contribution in [0.15, 0.2) is 18.2 Å². The van der Waals surface area contributed by atoms with Gasteiger partial charge in [-0.25, -0.2) is 13.6 Å². The first-order valence-electron chi connectivity index (χ1n) is 5.94. The number of amides is 1. The number of methoxy groups -OCH3 is 1. The number of nitrogens with two attached hydrogens (primary N) is 1. The van der Waals surface area contributed by atoms with Gasteiger partial charge in [-0.3, -0.25) is 4.79 Å². The topological polar surface area (TPSA) is 89.7 Å². The number of rotatable bonds is 4. The van der Waals surface area contributed by atoms with Gasteiger partial charge < -0.3 is 9.64 Å². The molecule has 2 N–H and O–H groups in total. The molecular formula is C12H15ClN2O4S. The van der Waals surface area contributed by atoms with Gasteiger partial charge in [0.2, 0.25) is 15.9 Å². The zero-order valence-corrected chi connectivity index (χ0v) is 12.4. The molecule has 1 aromatic rings. The smallest absolute Gasteiger partial charge is 0.227 e. The van der Waals surface area contributed by atoms with Gasteiger partial charge in [0, 0.05) is 24.9 Å². The Balaban J connectivity index is 2.24. The fraction of sp³-hybridized carbons (Fsp3) is 0.417. The maximum absolute atomic E-state index is 12.0. The fourth-order valence-electron chi connectivity index (χ4n) is 2.28. The number of hydrogen-bond donors (Lipinski definition) is 1. The summed E-state index contributed by atoms with van der Waals surface area (Å²) in [7, 11) is -2.08. The summed E-state index contributed by atoms with van der Waals surface area (Å²) in [6, 6.07) is 4.98. The standard InChI is InChI=1S/C12H15ClN2O4S/c1-19-9-2-3-10(13)11(5-9)15-6-8(4-12(15)16)7-20(14,17)18/h2-3,5,8H,4,6-7H2,1H3,(H2,14,17,18). The Bertz CT molecular complexity index is 632. The number of nitrogens with zero attached hydrogens (tertiary/aromatic N) is 1. The molecule has 0 bridgehead atoms. The van der Waals surface area contributed by atoms with E-state index in [-0.39, 0.29) is 30.5 Å². The maximum Gasteiger partial charge on any atom is 0.227 e. The van der Waals surface area contributed by atoms with E-state index in [9.17, 15) is 13.2 Å². The van der Waals surface area contributed by atoms with Crippen LogP contribution in [0.4, 0.5) is 5.69 Å². The van der Waals surface area contributed by atoms with E-state index in [4.69, 9.17) is 21.5 Å². The van der Waals surface area contributed by atoms with Crippen LogP contribution >= 0.6 is 11.6 Å². The zero-order chi connectivity index (χ0) is 14.9. The second-order valence-electron chi connectivity index (χ2n) is 4.72. The van der Waals surface area contributed by atoms with Crippen LogP contribution in [0.2, 0.25) is 5.02 Å². The number of carbonyl (C=O) groups excluding carboxylic acids is 1. The molecule has 0 radical (unpaired) electrons. The van der Waals surface area contributed by atoms with Gasteiger partial charge in [0.1, 0.15) is 5.75 Å². The second-order valence-corrected chi connectivity index (χ2v) is 6.79. The van der Waals surface area contributed by atoms with Crippen LogP contribution in [-0.4, -0.2) is 33.7 Å². The van der Waals surface area contributed by atoms with Crippen molar-refractivity contribution in [2.24, 2.45) is 11.1 Å². The lowest BCUT2D eigenvalue weighted by atomic mass is 10.1. The molecule has 2 rings (SSSR count). The van der Waals surface area contributed by atoms with E-state index in [1.54, 1.807) is 18.2 Å². The molecule has 20 heavy (non-hydrogen) atoms. The van der Waals surface area contributed by atoms with Gasteiger partial charge >= 0.3 is 0 Å². The van der Waals surface area contributed by atoms with Gasteiger partial charge in [-0.15, -0.1) is 0 Å². The molecule has 0 aliphatic carbocycles. The fourth-order valence-corrected chi connectivity index (χ4v) is 3.38. The summed E-state index contributed by atoms with van der Waals surface area (Å²) in [4.78, 5) is 13.5. The SMILES string of the molecule is COc1ccc(Cl)c(N2CC(CS(N)(=O)=O)CC2=O)c1. The highest BCUT2D eigenvalue weighted by molar-refractivity contribution is 7.89. The molecule has 1 heterocycles. The molecule has 1 saturated heterocycles. The molecule has 110 valence electrons. The van der Waals surface area contributed by atoms with Gasteiger partial charge in [0.15, 0.2) is 0 Å². The van der Waals surface area contributed by atoms with Crippen molar-refractivity contribution in [3.8, 4) is 5.75 Å². The molecule has 6 nitrogen and oxygen atoms in total. The molecule has 0 aromatic heterocycles. The number of ether oxygens (including phenoxy) is 1. The quantitative estimate of drug-likeness (QED) is 0.896. The van der Waals surface area contributed by atoms with Gasteiger partial charge in [0.05, 0.1) is 23.6 Å². The Labute approximate surface area is 122 Å². The summed E-state index contributed by atoms with van der Waals surface area (Å²) < 4.78 is 27.3. The summed E-state index contributed by atoms with van der Waals surface area (Å²) in [5.74, 6) is -0.128. The van der Waals surface area contributed by atoms with Crippen molar-refractivity contribution in [1.82, 2.24) is 0 Å². The average Bonchev–Trinajstić information content (AvgIpc) is 2.68. The van der Waals surface area contributed by atoms with Crippen molar-refractivity contribution in [3.05, 3.63) is 23.2 Å². The van der Waals surface area contributed by atoms with Crippen molar-refractivity contribution >= 4 is 33.2 Å². The van der Waals surface area contributed by atoms with Gasteiger partial charge in [-0.2, -0.15) is 0 Å². The number of hydrogen-bond acceptors (Lipinski definition) is 4. The molecule has 1 unspecified atom stereocenters. The van der Waals surface area contributed by atoms with E-state index in [1.807, 2.05) is 0 Å². The van der Waals surface area contributed by atoms with E-state index < -0.39 is 10.0 Å². The Morgan fingerprint density at radius 2 is 2.20 bits per heavy atom. The number of halogens is 1. The zero-order valence-electron chi connectivity index (χ0n) is 10.9. The second kappa shape index (κ2) is 5.59. The Kier molecular flexibility index (Phi) is 4.22. The minimum atomic E-state index is -3.60. The third-order valence-corrected chi connectivity index (χ3v) is 4.37. The van der Waals surface area contributed by atoms with Crippen LogP contribution < -0.4 is 14.8 Å². The summed E-state index contributed by atoms with van der Waals surface area (Å²) in [6.45, 7) is 0.280. The lowest BCUT2D eigenvalue weighted by Crippen LogP contribution is -2.27. The van der Waals surface area contributed by atoms with E-state index >= 15 is 0 Å². The van der Waals surface area contributed by atoms with Crippen molar-refractivity contribution < 1.29 is 17.9 Å². The van der Waals surface area contributed by atoms with E-state index in [1.165, 1.54) is 12.0 Å². The highest BCUT2D eigenvalue weighted by Crippen LogP contribution is 2.34. The highest BCUT2D eigenvalue weighted by Gasteiger charge is 2.33. The van der Waals surface area contributed by atoms with Crippen molar-refractivity contribution in [2.75, 3.05) is 24.3 Å². The summed E-state index contributed by atoms with van der Waals surface area (Å²) in [5.41, 5.74) is 0.521. The normalized spacial score (nSPS) is 19.4. The maximum atomic E-state index is 12.0. The lowest BCUT2D eigenvalue weighted by molar-refractivity contribution is -0.117. The highest BCUT2D eigenvalue weighted by atomic mass is 35.5. The van der Waals surface area contributed by atoms with Crippen molar-refractivity contribution in [2.45, 2.75) is 6.42 Å². The largest absolute Gasteiger partial charge is 0.497 e. The minimum absolute atomic E-state index is 0.143. The van der Waals surface area contributed by atoms with Crippen LogP contribution in [-0.2, 0) is 14.8 Å².